The number of rotatable bonds is 5. The molecule has 0 bridgehead atoms. The van der Waals surface area contributed by atoms with E-state index in [0.717, 1.165) is 17.6 Å². The highest BCUT2D eigenvalue weighted by Crippen LogP contribution is 2.29. The second kappa shape index (κ2) is 6.00. The molecule has 0 radical (unpaired) electrons. The van der Waals surface area contributed by atoms with Crippen molar-refractivity contribution in [1.29, 1.82) is 0 Å². The van der Waals surface area contributed by atoms with Gasteiger partial charge >= 0.3 is 0 Å². The summed E-state index contributed by atoms with van der Waals surface area (Å²) in [5.41, 5.74) is 1.35. The lowest BCUT2D eigenvalue weighted by atomic mass is 10.2. The molecular weight excluding hydrogens is 274 g/mol. The quantitative estimate of drug-likeness (QED) is 0.853. The van der Waals surface area contributed by atoms with Gasteiger partial charge in [-0.1, -0.05) is 41.6 Å². The highest BCUT2D eigenvalue weighted by Gasteiger charge is 2.19. The van der Waals surface area contributed by atoms with Crippen molar-refractivity contribution in [3.8, 4) is 0 Å². The standard InChI is InChI=1S/C16H16ClNS/c17-13-2-1-3-16(10-13)19-15-8-4-12(5-9-15)11-18-14-6-7-14/h1-5,8-10,14,18H,6-7,11H2. The third-order valence-corrected chi connectivity index (χ3v) is 4.36. The summed E-state index contributed by atoms with van der Waals surface area (Å²) in [6.07, 6.45) is 2.67. The minimum absolute atomic E-state index is 0.764. The zero-order valence-electron chi connectivity index (χ0n) is 10.6. The van der Waals surface area contributed by atoms with E-state index < -0.39 is 0 Å². The highest BCUT2D eigenvalue weighted by molar-refractivity contribution is 7.99. The Morgan fingerprint density at radius 1 is 1.05 bits per heavy atom. The molecule has 0 heterocycles. The maximum atomic E-state index is 5.99. The van der Waals surface area contributed by atoms with E-state index in [1.165, 1.54) is 28.2 Å². The van der Waals surface area contributed by atoms with E-state index in [0.29, 0.717) is 0 Å². The van der Waals surface area contributed by atoms with E-state index >= 15 is 0 Å². The maximum absolute atomic E-state index is 5.99. The van der Waals surface area contributed by atoms with Crippen LogP contribution in [0.2, 0.25) is 5.02 Å². The van der Waals surface area contributed by atoms with Crippen LogP contribution in [0, 0.1) is 0 Å². The summed E-state index contributed by atoms with van der Waals surface area (Å²) in [7, 11) is 0. The minimum Gasteiger partial charge on any atom is -0.310 e. The van der Waals surface area contributed by atoms with E-state index in [4.69, 9.17) is 11.6 Å². The Bertz CT molecular complexity index is 549. The smallest absolute Gasteiger partial charge is 0.0417 e. The summed E-state index contributed by atoms with van der Waals surface area (Å²) in [4.78, 5) is 2.42. The second-order valence-corrected chi connectivity index (χ2v) is 6.44. The van der Waals surface area contributed by atoms with Crippen LogP contribution in [-0.2, 0) is 6.54 Å². The van der Waals surface area contributed by atoms with Crippen molar-refractivity contribution >= 4 is 23.4 Å². The predicted octanol–water partition coefficient (Wildman–Crippen LogP) is 4.74. The number of hydrogen-bond donors (Lipinski definition) is 1. The predicted molar refractivity (Wildman–Crippen MR) is 81.9 cm³/mol. The van der Waals surface area contributed by atoms with Gasteiger partial charge in [-0.25, -0.2) is 0 Å². The molecule has 0 atom stereocenters. The molecule has 2 aromatic carbocycles. The van der Waals surface area contributed by atoms with Gasteiger partial charge in [-0.3, -0.25) is 0 Å². The molecule has 1 aliphatic carbocycles. The van der Waals surface area contributed by atoms with Gasteiger partial charge in [0.05, 0.1) is 0 Å². The molecule has 0 aliphatic heterocycles. The fourth-order valence-corrected chi connectivity index (χ4v) is 3.02. The Morgan fingerprint density at radius 3 is 2.53 bits per heavy atom. The Hall–Kier alpha value is -0.960. The lowest BCUT2D eigenvalue weighted by Gasteiger charge is -2.05. The SMILES string of the molecule is Clc1cccc(Sc2ccc(CNC3CC3)cc2)c1. The highest BCUT2D eigenvalue weighted by atomic mass is 35.5. The molecule has 98 valence electrons. The van der Waals surface area contributed by atoms with Crippen LogP contribution in [0.3, 0.4) is 0 Å². The van der Waals surface area contributed by atoms with Crippen molar-refractivity contribution in [1.82, 2.24) is 5.32 Å². The zero-order chi connectivity index (χ0) is 13.1. The lowest BCUT2D eigenvalue weighted by Crippen LogP contribution is -2.14. The molecule has 1 nitrogen and oxygen atoms in total. The topological polar surface area (TPSA) is 12.0 Å². The molecular formula is C16H16ClNS. The fourth-order valence-electron chi connectivity index (χ4n) is 1.89. The van der Waals surface area contributed by atoms with E-state index in [-0.39, 0.29) is 0 Å². The Morgan fingerprint density at radius 2 is 1.84 bits per heavy atom. The van der Waals surface area contributed by atoms with Crippen molar-refractivity contribution in [3.63, 3.8) is 0 Å². The fraction of sp³-hybridized carbons (Fsp3) is 0.250. The molecule has 1 N–H and O–H groups in total. The van der Waals surface area contributed by atoms with Gasteiger partial charge in [-0.05, 0) is 48.7 Å². The van der Waals surface area contributed by atoms with Gasteiger partial charge in [-0.2, -0.15) is 0 Å². The largest absolute Gasteiger partial charge is 0.310 e. The van der Waals surface area contributed by atoms with E-state index in [2.05, 4.69) is 35.6 Å². The van der Waals surface area contributed by atoms with Gasteiger partial charge in [0.1, 0.15) is 0 Å². The summed E-state index contributed by atoms with van der Waals surface area (Å²) in [6.45, 7) is 0.979. The number of benzene rings is 2. The third-order valence-electron chi connectivity index (χ3n) is 3.13. The summed E-state index contributed by atoms with van der Waals surface area (Å²) in [6, 6.07) is 17.5. The van der Waals surface area contributed by atoms with Crippen molar-refractivity contribution < 1.29 is 0 Å². The lowest BCUT2D eigenvalue weighted by molar-refractivity contribution is 0.687. The van der Waals surface area contributed by atoms with Gasteiger partial charge in [-0.15, -0.1) is 0 Å². The van der Waals surface area contributed by atoms with Crippen molar-refractivity contribution in [3.05, 3.63) is 59.1 Å². The van der Waals surface area contributed by atoms with Crippen LogP contribution in [0.1, 0.15) is 18.4 Å². The summed E-state index contributed by atoms with van der Waals surface area (Å²) in [5.74, 6) is 0. The molecule has 0 amide bonds. The number of halogens is 1. The van der Waals surface area contributed by atoms with Crippen LogP contribution in [0.5, 0.6) is 0 Å². The third kappa shape index (κ3) is 4.00. The first kappa shape index (κ1) is 13.0. The van der Waals surface area contributed by atoms with Crippen molar-refractivity contribution in [2.75, 3.05) is 0 Å². The van der Waals surface area contributed by atoms with Gasteiger partial charge in [0.25, 0.3) is 0 Å². The normalized spacial score (nSPS) is 14.6. The van der Waals surface area contributed by atoms with Crippen LogP contribution in [0.4, 0.5) is 0 Å². The molecule has 2 aromatic rings. The first-order chi connectivity index (χ1) is 9.29. The molecule has 1 aliphatic rings. The van der Waals surface area contributed by atoms with Gasteiger partial charge in [0, 0.05) is 27.4 Å². The van der Waals surface area contributed by atoms with Crippen LogP contribution in [-0.4, -0.2) is 6.04 Å². The van der Waals surface area contributed by atoms with E-state index in [9.17, 15) is 0 Å². The van der Waals surface area contributed by atoms with E-state index in [1.54, 1.807) is 11.8 Å². The summed E-state index contributed by atoms with van der Waals surface area (Å²) in [5, 5.41) is 4.31. The molecule has 3 rings (SSSR count). The summed E-state index contributed by atoms with van der Waals surface area (Å²) >= 11 is 7.73. The van der Waals surface area contributed by atoms with Crippen LogP contribution < -0.4 is 5.32 Å². The maximum Gasteiger partial charge on any atom is 0.0417 e. The average Bonchev–Trinajstić information content (AvgIpc) is 3.22. The molecule has 1 fully saturated rings. The zero-order valence-corrected chi connectivity index (χ0v) is 12.2. The Kier molecular flexibility index (Phi) is 4.12. The van der Waals surface area contributed by atoms with Gasteiger partial charge in [0.15, 0.2) is 0 Å². The van der Waals surface area contributed by atoms with Gasteiger partial charge in [0.2, 0.25) is 0 Å². The molecule has 0 saturated heterocycles. The number of nitrogens with one attached hydrogen (secondary N) is 1. The number of hydrogen-bond acceptors (Lipinski definition) is 2. The van der Waals surface area contributed by atoms with Crippen LogP contribution in [0.25, 0.3) is 0 Å². The first-order valence-corrected chi connectivity index (χ1v) is 7.75. The van der Waals surface area contributed by atoms with E-state index in [1.807, 2.05) is 18.2 Å². The van der Waals surface area contributed by atoms with Crippen LogP contribution in [0.15, 0.2) is 58.3 Å². The molecule has 1 saturated carbocycles. The first-order valence-electron chi connectivity index (χ1n) is 6.55. The molecule has 3 heteroatoms. The van der Waals surface area contributed by atoms with Crippen molar-refractivity contribution in [2.45, 2.75) is 35.2 Å². The second-order valence-electron chi connectivity index (χ2n) is 4.86. The van der Waals surface area contributed by atoms with Crippen molar-refractivity contribution in [2.24, 2.45) is 0 Å². The molecule has 0 unspecified atom stereocenters. The average molecular weight is 290 g/mol. The Balaban J connectivity index is 1.61. The van der Waals surface area contributed by atoms with Crippen LogP contribution >= 0.6 is 23.4 Å². The summed E-state index contributed by atoms with van der Waals surface area (Å²) < 4.78 is 0. The molecule has 0 aromatic heterocycles. The molecule has 0 spiro atoms. The minimum atomic E-state index is 0.764. The Labute approximate surface area is 123 Å². The molecule has 19 heavy (non-hydrogen) atoms. The monoisotopic (exact) mass is 289 g/mol. The van der Waals surface area contributed by atoms with Gasteiger partial charge < -0.3 is 5.32 Å².